The van der Waals surface area contributed by atoms with Gasteiger partial charge in [0.25, 0.3) is 0 Å². The van der Waals surface area contributed by atoms with E-state index in [0.29, 0.717) is 10.9 Å². The number of thioether (sulfide) groups is 1. The van der Waals surface area contributed by atoms with Crippen LogP contribution < -0.4 is 5.32 Å². The Balaban J connectivity index is 1.87. The van der Waals surface area contributed by atoms with Crippen LogP contribution in [0, 0.1) is 5.82 Å². The van der Waals surface area contributed by atoms with Crippen LogP contribution in [-0.2, 0) is 4.79 Å². The number of dihydropyridines is 1. The molecule has 21 heavy (non-hydrogen) atoms. The van der Waals surface area contributed by atoms with Crippen LogP contribution in [0.2, 0.25) is 0 Å². The van der Waals surface area contributed by atoms with Crippen molar-refractivity contribution in [3.05, 3.63) is 55.9 Å². The third-order valence-electron chi connectivity index (χ3n) is 4.26. The lowest BCUT2D eigenvalue weighted by molar-refractivity contribution is -0.115. The molecule has 2 nitrogen and oxygen atoms in total. The number of Topliss-reactive ketones (excluding diaryl/α,β-unsaturated/α-hetero) is 1. The van der Waals surface area contributed by atoms with Crippen LogP contribution >= 0.6 is 27.7 Å². The second-order valence-corrected chi connectivity index (χ2v) is 7.48. The molecular weight excluding hydrogens is 353 g/mol. The summed E-state index contributed by atoms with van der Waals surface area (Å²) < 4.78 is 14.0. The molecule has 0 fully saturated rings. The van der Waals surface area contributed by atoms with Gasteiger partial charge in [-0.25, -0.2) is 4.39 Å². The Bertz CT molecular complexity index is 725. The fourth-order valence-corrected chi connectivity index (χ4v) is 4.99. The predicted octanol–water partition coefficient (Wildman–Crippen LogP) is 4.24. The van der Waals surface area contributed by atoms with Gasteiger partial charge in [0, 0.05) is 40.0 Å². The van der Waals surface area contributed by atoms with Crippen molar-refractivity contribution in [1.29, 1.82) is 0 Å². The molecule has 0 aromatic heterocycles. The maximum Gasteiger partial charge on any atom is 0.161 e. The number of hydrogen-bond acceptors (Lipinski definition) is 3. The highest BCUT2D eigenvalue weighted by molar-refractivity contribution is 9.10. The number of hydrogen-bond donors (Lipinski definition) is 1. The number of carbonyl (C=O) groups excluding carboxylic acids is 1. The zero-order valence-corrected chi connectivity index (χ0v) is 13.6. The summed E-state index contributed by atoms with van der Waals surface area (Å²) >= 11 is 5.07. The summed E-state index contributed by atoms with van der Waals surface area (Å²) in [6, 6.07) is 5.09. The predicted molar refractivity (Wildman–Crippen MR) is 85.3 cm³/mol. The highest BCUT2D eigenvalue weighted by Gasteiger charge is 2.39. The first kappa shape index (κ1) is 13.6. The molecule has 0 radical (unpaired) electrons. The number of benzene rings is 1. The van der Waals surface area contributed by atoms with E-state index in [-0.39, 0.29) is 17.5 Å². The minimum atomic E-state index is -0.270. The minimum absolute atomic E-state index is 0.0179. The van der Waals surface area contributed by atoms with Crippen LogP contribution in [0.15, 0.2) is 44.5 Å². The monoisotopic (exact) mass is 365 g/mol. The first-order chi connectivity index (χ1) is 10.1. The Labute approximate surface area is 135 Å². The van der Waals surface area contributed by atoms with E-state index in [1.54, 1.807) is 6.07 Å². The summed E-state index contributed by atoms with van der Waals surface area (Å²) in [5, 5.41) is 3.47. The van der Waals surface area contributed by atoms with Gasteiger partial charge in [0.05, 0.1) is 4.47 Å². The van der Waals surface area contributed by atoms with Gasteiger partial charge in [0.2, 0.25) is 0 Å². The van der Waals surface area contributed by atoms with Crippen molar-refractivity contribution in [2.75, 3.05) is 5.75 Å². The SMILES string of the molecule is O=C1CCC2=C1[C@H](c1ccc(F)c(Br)c1)C1=C(CCS1)N2. The van der Waals surface area contributed by atoms with Gasteiger partial charge in [-0.3, -0.25) is 4.79 Å². The molecule has 1 aliphatic carbocycles. The van der Waals surface area contributed by atoms with E-state index in [4.69, 9.17) is 0 Å². The van der Waals surface area contributed by atoms with Gasteiger partial charge in [0.15, 0.2) is 5.78 Å². The van der Waals surface area contributed by atoms with Crippen LogP contribution in [0.4, 0.5) is 4.39 Å². The van der Waals surface area contributed by atoms with Crippen molar-refractivity contribution >= 4 is 33.5 Å². The van der Waals surface area contributed by atoms with Gasteiger partial charge >= 0.3 is 0 Å². The van der Waals surface area contributed by atoms with E-state index in [9.17, 15) is 9.18 Å². The van der Waals surface area contributed by atoms with Crippen molar-refractivity contribution in [3.63, 3.8) is 0 Å². The van der Waals surface area contributed by atoms with Gasteiger partial charge in [-0.2, -0.15) is 0 Å². The fourth-order valence-electron chi connectivity index (χ4n) is 3.32. The molecule has 5 heteroatoms. The second-order valence-electron chi connectivity index (χ2n) is 5.49. The molecule has 3 aliphatic rings. The zero-order valence-electron chi connectivity index (χ0n) is 11.2. The van der Waals surface area contributed by atoms with Gasteiger partial charge < -0.3 is 5.32 Å². The van der Waals surface area contributed by atoms with E-state index in [2.05, 4.69) is 21.2 Å². The Kier molecular flexibility index (Phi) is 3.23. The molecule has 0 spiro atoms. The smallest absolute Gasteiger partial charge is 0.161 e. The molecule has 1 aromatic rings. The molecule has 0 unspecified atom stereocenters. The Hall–Kier alpha value is -1.07. The average Bonchev–Trinajstić information content (AvgIpc) is 3.07. The van der Waals surface area contributed by atoms with E-state index < -0.39 is 0 Å². The molecule has 108 valence electrons. The maximum atomic E-state index is 13.5. The van der Waals surface area contributed by atoms with Gasteiger partial charge in [-0.15, -0.1) is 11.8 Å². The first-order valence-electron chi connectivity index (χ1n) is 6.99. The normalized spacial score (nSPS) is 24.3. The standard InChI is InChI=1S/C16H13BrFNOS/c17-9-7-8(1-2-10(9)18)14-15-11(3-4-13(15)20)19-12-5-6-21-16(12)14/h1-2,7,14,19H,3-6H2/t14-/m0/s1. The van der Waals surface area contributed by atoms with Crippen molar-refractivity contribution in [2.24, 2.45) is 0 Å². The second kappa shape index (κ2) is 4.99. The zero-order chi connectivity index (χ0) is 14.6. The topological polar surface area (TPSA) is 29.1 Å². The Morgan fingerprint density at radius 1 is 1.24 bits per heavy atom. The summed E-state index contributed by atoms with van der Waals surface area (Å²) in [4.78, 5) is 13.6. The van der Waals surface area contributed by atoms with Crippen LogP contribution in [0.3, 0.4) is 0 Å². The number of halogens is 2. The van der Waals surface area contributed by atoms with Gasteiger partial charge in [-0.1, -0.05) is 6.07 Å². The Morgan fingerprint density at radius 3 is 2.90 bits per heavy atom. The lowest BCUT2D eigenvalue weighted by atomic mass is 9.86. The molecule has 1 N–H and O–H groups in total. The number of carbonyl (C=O) groups is 1. The van der Waals surface area contributed by atoms with E-state index in [1.807, 2.05) is 17.8 Å². The van der Waals surface area contributed by atoms with Crippen LogP contribution in [0.1, 0.15) is 30.7 Å². The summed E-state index contributed by atoms with van der Waals surface area (Å²) in [7, 11) is 0. The first-order valence-corrected chi connectivity index (χ1v) is 8.77. The summed E-state index contributed by atoms with van der Waals surface area (Å²) in [5.41, 5.74) is 4.21. The molecule has 0 bridgehead atoms. The third-order valence-corrected chi connectivity index (χ3v) is 6.07. The highest BCUT2D eigenvalue weighted by atomic mass is 79.9. The fraction of sp³-hybridized carbons (Fsp3) is 0.312. The van der Waals surface area contributed by atoms with Crippen molar-refractivity contribution in [2.45, 2.75) is 25.2 Å². The largest absolute Gasteiger partial charge is 0.361 e. The van der Waals surface area contributed by atoms with E-state index in [1.165, 1.54) is 16.7 Å². The number of nitrogens with one attached hydrogen (secondary N) is 1. The molecule has 0 amide bonds. The van der Waals surface area contributed by atoms with Crippen LogP contribution in [0.5, 0.6) is 0 Å². The molecular formula is C16H13BrFNOS. The summed E-state index contributed by atoms with van der Waals surface area (Å²) in [6.45, 7) is 0. The van der Waals surface area contributed by atoms with E-state index in [0.717, 1.165) is 35.4 Å². The maximum absolute atomic E-state index is 13.5. The van der Waals surface area contributed by atoms with Crippen molar-refractivity contribution in [3.8, 4) is 0 Å². The van der Waals surface area contributed by atoms with Crippen LogP contribution in [-0.4, -0.2) is 11.5 Å². The number of allylic oxidation sites excluding steroid dienone is 4. The van der Waals surface area contributed by atoms with Crippen LogP contribution in [0.25, 0.3) is 0 Å². The van der Waals surface area contributed by atoms with Crippen molar-refractivity contribution < 1.29 is 9.18 Å². The molecule has 0 saturated carbocycles. The summed E-state index contributed by atoms with van der Waals surface area (Å²) in [5.74, 6) is 0.983. The minimum Gasteiger partial charge on any atom is -0.361 e. The van der Waals surface area contributed by atoms with Crippen molar-refractivity contribution in [1.82, 2.24) is 5.32 Å². The number of ketones is 1. The lowest BCUT2D eigenvalue weighted by Gasteiger charge is -2.27. The molecule has 1 aromatic carbocycles. The summed E-state index contributed by atoms with van der Waals surface area (Å²) in [6.07, 6.45) is 2.40. The molecule has 4 rings (SSSR count). The highest BCUT2D eigenvalue weighted by Crippen LogP contribution is 2.50. The van der Waals surface area contributed by atoms with E-state index >= 15 is 0 Å². The molecule has 2 heterocycles. The third kappa shape index (κ3) is 2.09. The van der Waals surface area contributed by atoms with Gasteiger partial charge in [-0.05, 0) is 46.5 Å². The average molecular weight is 366 g/mol. The molecule has 1 atom stereocenters. The van der Waals surface area contributed by atoms with Gasteiger partial charge in [0.1, 0.15) is 5.82 Å². The number of rotatable bonds is 1. The quantitative estimate of drug-likeness (QED) is 0.806. The Morgan fingerprint density at radius 2 is 2.10 bits per heavy atom. The lowest BCUT2D eigenvalue weighted by Crippen LogP contribution is -2.23. The molecule has 2 aliphatic heterocycles. The molecule has 0 saturated heterocycles.